The molecule has 254 valence electrons. The molecule has 0 bridgehead atoms. The van der Waals surface area contributed by atoms with Crippen LogP contribution >= 0.6 is 0 Å². The summed E-state index contributed by atoms with van der Waals surface area (Å²) in [7, 11) is 0. The van der Waals surface area contributed by atoms with Gasteiger partial charge in [-0.1, -0.05) is 84.4 Å². The first-order valence-electron chi connectivity index (χ1n) is 18.3. The van der Waals surface area contributed by atoms with Crippen LogP contribution in [0.4, 0.5) is 0 Å². The Balaban J connectivity index is 1.40. The van der Waals surface area contributed by atoms with Gasteiger partial charge in [0.05, 0.1) is 11.5 Å². The molecule has 0 aliphatic heterocycles. The van der Waals surface area contributed by atoms with Crippen molar-refractivity contribution >= 4 is 17.3 Å². The molecule has 5 aliphatic rings. The highest BCUT2D eigenvalue weighted by molar-refractivity contribution is 5.90. The van der Waals surface area contributed by atoms with Crippen LogP contribution in [0, 0.1) is 67.5 Å². The number of allylic oxidation sites excluding steroid dienone is 2. The quantitative estimate of drug-likeness (QED) is 0.307. The molecule has 4 unspecified atom stereocenters. The van der Waals surface area contributed by atoms with Gasteiger partial charge >= 0.3 is 5.97 Å². The van der Waals surface area contributed by atoms with E-state index < -0.39 is 16.7 Å². The lowest BCUT2D eigenvalue weighted by atomic mass is 9.32. The first-order chi connectivity index (χ1) is 22.6. The van der Waals surface area contributed by atoms with Crippen LogP contribution in [0.3, 0.4) is 0 Å². The molecule has 1 aromatic carbocycles. The maximum Gasteiger partial charge on any atom is 0.313 e. The van der Waals surface area contributed by atoms with E-state index in [1.165, 1.54) is 11.1 Å². The third-order valence-electron chi connectivity index (χ3n) is 15.1. The summed E-state index contributed by atoms with van der Waals surface area (Å²) >= 11 is 0. The number of ketones is 1. The Hall–Kier alpha value is -3.33. The lowest BCUT2D eigenvalue weighted by Crippen LogP contribution is -2.66. The van der Waals surface area contributed by atoms with E-state index in [4.69, 9.17) is 4.74 Å². The number of hydrogen-bond acceptors (Lipinski definition) is 6. The molecule has 4 fully saturated rings. The highest BCUT2D eigenvalue weighted by Crippen LogP contribution is 2.77. The minimum atomic E-state index is -0.581. The first-order valence-corrected chi connectivity index (χ1v) is 18.3. The summed E-state index contributed by atoms with van der Waals surface area (Å²) in [5.41, 5.74) is 3.34. The van der Waals surface area contributed by atoms with Crippen molar-refractivity contribution in [2.24, 2.45) is 56.2 Å². The summed E-state index contributed by atoms with van der Waals surface area (Å²) in [6, 6.07) is 12.5. The Labute approximate surface area is 287 Å². The molecule has 0 saturated heterocycles. The monoisotopic (exact) mass is 647 g/mol. The molecule has 48 heavy (non-hydrogen) atoms. The predicted octanol–water partition coefficient (Wildman–Crippen LogP) is 9.17. The van der Waals surface area contributed by atoms with Crippen molar-refractivity contribution in [2.75, 3.05) is 0 Å². The van der Waals surface area contributed by atoms with Crippen LogP contribution in [-0.2, 0) is 20.9 Å². The van der Waals surface area contributed by atoms with Crippen molar-refractivity contribution in [3.8, 4) is 6.07 Å². The maximum absolute atomic E-state index is 14.6. The maximum atomic E-state index is 14.6. The minimum absolute atomic E-state index is 0.0441. The Morgan fingerprint density at radius 1 is 0.917 bits per heavy atom. The van der Waals surface area contributed by atoms with Crippen LogP contribution < -0.4 is 0 Å². The van der Waals surface area contributed by atoms with Crippen LogP contribution in [-0.4, -0.2) is 21.7 Å². The molecule has 5 aliphatic carbocycles. The van der Waals surface area contributed by atoms with E-state index in [1.807, 2.05) is 42.7 Å². The number of carbonyl (C=O) groups excluding carboxylic acids is 2. The van der Waals surface area contributed by atoms with E-state index in [0.717, 1.165) is 62.5 Å². The van der Waals surface area contributed by atoms with Crippen molar-refractivity contribution < 1.29 is 14.3 Å². The third kappa shape index (κ3) is 4.62. The summed E-state index contributed by atoms with van der Waals surface area (Å²) in [5, 5.41) is 10.3. The second-order valence-corrected chi connectivity index (χ2v) is 18.2. The second-order valence-electron chi connectivity index (χ2n) is 18.2. The Morgan fingerprint density at radius 2 is 1.60 bits per heavy atom. The van der Waals surface area contributed by atoms with Crippen LogP contribution in [0.25, 0.3) is 5.57 Å². The number of nitrogens with zero attached hydrogens (tertiary/aromatic N) is 3. The predicted molar refractivity (Wildman–Crippen MR) is 186 cm³/mol. The molecular weight excluding hydrogens is 594 g/mol. The Bertz CT molecular complexity index is 1690. The van der Waals surface area contributed by atoms with Gasteiger partial charge in [0.2, 0.25) is 0 Å². The van der Waals surface area contributed by atoms with Gasteiger partial charge in [-0.2, -0.15) is 5.26 Å². The number of aromatic nitrogens is 2. The standard InChI is InChI=1S/C42H53N3O3/c1-37(2)15-17-42(36(47)48-25-27-11-9-8-10-12-27)18-16-41(7)34(31(42)21-37)30(29-23-44-26-45-24-29)19-33-39(5)20-28(22-43)35(46)38(3,4)32(39)13-14-40(33,41)6/h8-12,23-24,26,28,31-33H,13-21,25H2,1-7H3/t28?,31?,32?,33?,39-,40+,41+,42-/m0/s1. The van der Waals surface area contributed by atoms with E-state index in [0.29, 0.717) is 13.0 Å². The number of Topliss-reactive ketones (excluding diaryl/α,β-unsaturated/α-hetero) is 1. The van der Waals surface area contributed by atoms with Crippen molar-refractivity contribution in [2.45, 2.75) is 113 Å². The summed E-state index contributed by atoms with van der Waals surface area (Å²) in [4.78, 5) is 37.3. The van der Waals surface area contributed by atoms with Crippen LogP contribution in [0.1, 0.15) is 117 Å². The minimum Gasteiger partial charge on any atom is -0.460 e. The van der Waals surface area contributed by atoms with Crippen molar-refractivity contribution in [3.05, 3.63) is 65.8 Å². The zero-order valence-corrected chi connectivity index (χ0v) is 30.1. The van der Waals surface area contributed by atoms with Gasteiger partial charge in [0, 0.05) is 23.4 Å². The molecule has 0 amide bonds. The topological polar surface area (TPSA) is 92.9 Å². The molecule has 0 N–H and O–H groups in total. The largest absolute Gasteiger partial charge is 0.460 e. The molecule has 6 heteroatoms. The van der Waals surface area contributed by atoms with Crippen LogP contribution in [0.5, 0.6) is 0 Å². The fraction of sp³-hybridized carbons (Fsp3) is 0.643. The van der Waals surface area contributed by atoms with E-state index in [1.54, 1.807) is 6.33 Å². The smallest absolute Gasteiger partial charge is 0.313 e. The second kappa shape index (κ2) is 11.1. The molecule has 6 nitrogen and oxygen atoms in total. The van der Waals surface area contributed by atoms with Gasteiger partial charge in [-0.25, -0.2) is 9.97 Å². The highest BCUT2D eigenvalue weighted by atomic mass is 16.5. The molecule has 1 aromatic heterocycles. The van der Waals surface area contributed by atoms with Crippen LogP contribution in [0.2, 0.25) is 0 Å². The van der Waals surface area contributed by atoms with E-state index >= 15 is 0 Å². The van der Waals surface area contributed by atoms with Gasteiger partial charge in [0.1, 0.15) is 18.9 Å². The van der Waals surface area contributed by atoms with Crippen molar-refractivity contribution in [1.29, 1.82) is 5.26 Å². The Kier molecular flexibility index (Phi) is 7.67. The average molecular weight is 648 g/mol. The molecule has 0 radical (unpaired) electrons. The van der Waals surface area contributed by atoms with Gasteiger partial charge in [0.25, 0.3) is 0 Å². The van der Waals surface area contributed by atoms with Gasteiger partial charge in [-0.05, 0) is 108 Å². The number of esters is 1. The number of carbonyl (C=O) groups is 2. The lowest BCUT2D eigenvalue weighted by molar-refractivity contribution is -0.193. The normalized spacial score (nSPS) is 39.6. The molecule has 1 heterocycles. The van der Waals surface area contributed by atoms with Crippen molar-refractivity contribution in [3.63, 3.8) is 0 Å². The zero-order valence-electron chi connectivity index (χ0n) is 30.1. The van der Waals surface area contributed by atoms with E-state index in [-0.39, 0.29) is 51.2 Å². The third-order valence-corrected chi connectivity index (χ3v) is 15.1. The molecule has 2 aromatic rings. The number of ether oxygens (including phenoxy) is 1. The van der Waals surface area contributed by atoms with Gasteiger partial charge in [0.15, 0.2) is 5.78 Å². The number of nitriles is 1. The SMILES string of the molecule is CC1(C)CC[C@]2(C(=O)OCc3ccccc3)CC[C@]3(C)C(=C(c4cncnc4)CC4[C@@]5(C)CC(C#N)C(=O)C(C)(C)C5CC[C@]43C)C2C1. The Morgan fingerprint density at radius 3 is 2.29 bits per heavy atom. The number of rotatable bonds is 4. The molecule has 8 atom stereocenters. The average Bonchev–Trinajstić information content (AvgIpc) is 3.06. The fourth-order valence-electron chi connectivity index (χ4n) is 12.4. The van der Waals surface area contributed by atoms with E-state index in [2.05, 4.69) is 64.5 Å². The number of hydrogen-bond donors (Lipinski definition) is 0. The lowest BCUT2D eigenvalue weighted by Gasteiger charge is -2.71. The van der Waals surface area contributed by atoms with E-state index in [9.17, 15) is 14.9 Å². The molecule has 7 rings (SSSR count). The van der Waals surface area contributed by atoms with Gasteiger partial charge in [-0.3, -0.25) is 9.59 Å². The molecule has 0 spiro atoms. The molecule has 4 saturated carbocycles. The van der Waals surface area contributed by atoms with Gasteiger partial charge < -0.3 is 4.74 Å². The van der Waals surface area contributed by atoms with Crippen LogP contribution in [0.15, 0.2) is 54.6 Å². The molecular formula is C42H53N3O3. The van der Waals surface area contributed by atoms with Crippen molar-refractivity contribution in [1.82, 2.24) is 9.97 Å². The summed E-state index contributed by atoms with van der Waals surface area (Å²) in [5.74, 6) is 0.0260. The zero-order chi connectivity index (χ0) is 34.3. The highest BCUT2D eigenvalue weighted by Gasteiger charge is 2.71. The summed E-state index contributed by atoms with van der Waals surface area (Å²) < 4.78 is 6.28. The summed E-state index contributed by atoms with van der Waals surface area (Å²) in [6.07, 6.45) is 13.5. The fourth-order valence-corrected chi connectivity index (χ4v) is 12.4. The number of fused-ring (bicyclic) bond motifs is 7. The number of benzene rings is 1. The first kappa shape index (κ1) is 33.2. The summed E-state index contributed by atoms with van der Waals surface area (Å²) in [6.45, 7) is 16.7. The van der Waals surface area contributed by atoms with Gasteiger partial charge in [-0.15, -0.1) is 0 Å².